The number of alkyl halides is 4. The van der Waals surface area contributed by atoms with E-state index in [1.165, 1.54) is 9.13 Å². The predicted molar refractivity (Wildman–Crippen MR) is 132 cm³/mol. The molecule has 0 unspecified atom stereocenters. The van der Waals surface area contributed by atoms with E-state index < -0.39 is 60.7 Å². The van der Waals surface area contributed by atoms with Gasteiger partial charge in [-0.05, 0) is 63.6 Å². The van der Waals surface area contributed by atoms with Gasteiger partial charge >= 0.3 is 11.9 Å². The third-order valence-corrected chi connectivity index (χ3v) is 7.27. The molecule has 3 aromatic rings. The van der Waals surface area contributed by atoms with Gasteiger partial charge in [0.05, 0.1) is 5.92 Å². The molecule has 4 rings (SSSR count). The van der Waals surface area contributed by atoms with Crippen LogP contribution in [0.3, 0.4) is 0 Å². The summed E-state index contributed by atoms with van der Waals surface area (Å²) >= 11 is 6.00. The van der Waals surface area contributed by atoms with Crippen LogP contribution in [0, 0.1) is 5.92 Å². The van der Waals surface area contributed by atoms with Crippen LogP contribution in [0.5, 0.6) is 0 Å². The molecule has 12 heteroatoms. The molecule has 1 saturated carbocycles. The van der Waals surface area contributed by atoms with E-state index in [-0.39, 0.29) is 43.1 Å². The summed E-state index contributed by atoms with van der Waals surface area (Å²) in [5.74, 6) is -1.76. The Labute approximate surface area is 215 Å². The topological polar surface area (TPSA) is 82.0 Å². The second-order valence-electron chi connectivity index (χ2n) is 9.88. The fraction of sp³-hybridized carbons (Fsp3) is 0.560. The van der Waals surface area contributed by atoms with Crippen LogP contribution in [-0.4, -0.2) is 36.6 Å². The number of benzene rings is 1. The van der Waals surface area contributed by atoms with Crippen molar-refractivity contribution >= 4 is 22.8 Å². The number of hydrogen-bond acceptors (Lipinski definition) is 4. The first kappa shape index (κ1) is 27.4. The van der Waals surface area contributed by atoms with Gasteiger partial charge in [0, 0.05) is 30.8 Å². The second-order valence-corrected chi connectivity index (χ2v) is 10.3. The first-order valence-electron chi connectivity index (χ1n) is 12.2. The minimum absolute atomic E-state index is 0.00289. The lowest BCUT2D eigenvalue weighted by atomic mass is 9.79. The Kier molecular flexibility index (Phi) is 7.58. The Hall–Kier alpha value is -2.66. The number of imidazole rings is 1. The van der Waals surface area contributed by atoms with Gasteiger partial charge in [-0.1, -0.05) is 23.7 Å². The number of hydrogen-bond donors (Lipinski definition) is 1. The molecule has 1 fully saturated rings. The molecule has 37 heavy (non-hydrogen) atoms. The number of rotatable bonds is 7. The molecule has 0 saturated heterocycles. The van der Waals surface area contributed by atoms with Gasteiger partial charge in [0.1, 0.15) is 5.82 Å². The van der Waals surface area contributed by atoms with Gasteiger partial charge in [0.15, 0.2) is 16.8 Å². The minimum Gasteiger partial charge on any atom is -0.396 e. The van der Waals surface area contributed by atoms with Gasteiger partial charge in [0.2, 0.25) is 0 Å². The van der Waals surface area contributed by atoms with E-state index in [0.717, 1.165) is 4.57 Å². The summed E-state index contributed by atoms with van der Waals surface area (Å²) in [6.45, 7) is 3.16. The van der Waals surface area contributed by atoms with Crippen molar-refractivity contribution in [2.45, 2.75) is 76.9 Å². The summed E-state index contributed by atoms with van der Waals surface area (Å²) in [6, 6.07) is 6.23. The number of nitrogens with zero attached hydrogens (tertiary/aromatic N) is 4. The summed E-state index contributed by atoms with van der Waals surface area (Å²) < 4.78 is 60.1. The first-order chi connectivity index (χ1) is 17.4. The quantitative estimate of drug-likeness (QED) is 0.427. The molecule has 1 N–H and O–H groups in total. The number of halogens is 5. The Morgan fingerprint density at radius 1 is 1.14 bits per heavy atom. The summed E-state index contributed by atoms with van der Waals surface area (Å²) in [5.41, 5.74) is -2.90. The molecule has 0 aliphatic heterocycles. The Balaban J connectivity index is 1.96. The molecule has 0 bridgehead atoms. The zero-order valence-electron chi connectivity index (χ0n) is 20.6. The van der Waals surface area contributed by atoms with Crippen LogP contribution in [0.4, 0.5) is 17.6 Å². The Bertz CT molecular complexity index is 1380. The number of aliphatic hydroxyl groups is 1. The Morgan fingerprint density at radius 3 is 2.30 bits per heavy atom. The van der Waals surface area contributed by atoms with Crippen LogP contribution in [0.15, 0.2) is 33.9 Å². The smallest absolute Gasteiger partial charge is 0.391 e. The van der Waals surface area contributed by atoms with Crippen molar-refractivity contribution in [1.29, 1.82) is 0 Å². The summed E-state index contributed by atoms with van der Waals surface area (Å²) in [4.78, 5) is 31.3. The zero-order chi connectivity index (χ0) is 27.1. The maximum Gasteiger partial charge on any atom is 0.391 e. The lowest BCUT2D eigenvalue weighted by Gasteiger charge is -2.34. The van der Waals surface area contributed by atoms with E-state index >= 15 is 4.39 Å². The van der Waals surface area contributed by atoms with Crippen molar-refractivity contribution in [2.24, 2.45) is 5.92 Å². The van der Waals surface area contributed by atoms with Gasteiger partial charge in [-0.3, -0.25) is 13.9 Å². The molecule has 7 nitrogen and oxygen atoms in total. The van der Waals surface area contributed by atoms with Crippen molar-refractivity contribution in [3.8, 4) is 0 Å². The second kappa shape index (κ2) is 10.2. The lowest BCUT2D eigenvalue weighted by Crippen LogP contribution is -2.41. The molecular formula is C25H29ClF4N4O3. The van der Waals surface area contributed by atoms with E-state index in [1.54, 1.807) is 38.1 Å². The highest BCUT2D eigenvalue weighted by Gasteiger charge is 2.49. The third kappa shape index (κ3) is 5.20. The van der Waals surface area contributed by atoms with Crippen LogP contribution in [0.25, 0.3) is 11.2 Å². The van der Waals surface area contributed by atoms with Crippen LogP contribution < -0.4 is 11.2 Å². The minimum atomic E-state index is -4.41. The van der Waals surface area contributed by atoms with Crippen LogP contribution in [0.1, 0.15) is 63.4 Å². The highest BCUT2D eigenvalue weighted by molar-refractivity contribution is 6.30. The van der Waals surface area contributed by atoms with E-state index in [9.17, 15) is 27.9 Å². The molecule has 1 aromatic carbocycles. The van der Waals surface area contributed by atoms with Crippen molar-refractivity contribution in [3.63, 3.8) is 0 Å². The maximum absolute atomic E-state index is 16.5. The summed E-state index contributed by atoms with van der Waals surface area (Å²) in [6.07, 6.45) is -5.88. The highest BCUT2D eigenvalue weighted by Crippen LogP contribution is 2.47. The molecule has 202 valence electrons. The lowest BCUT2D eigenvalue weighted by molar-refractivity contribution is -0.189. The van der Waals surface area contributed by atoms with Crippen LogP contribution in [0.2, 0.25) is 5.02 Å². The van der Waals surface area contributed by atoms with E-state index in [1.807, 2.05) is 0 Å². The fourth-order valence-corrected chi connectivity index (χ4v) is 5.17. The molecule has 0 amide bonds. The average molecular weight is 545 g/mol. The van der Waals surface area contributed by atoms with Crippen molar-refractivity contribution < 1.29 is 22.7 Å². The molecule has 0 atom stereocenters. The molecule has 0 radical (unpaired) electrons. The van der Waals surface area contributed by atoms with Crippen molar-refractivity contribution in [1.82, 2.24) is 18.7 Å². The molecule has 2 heterocycles. The van der Waals surface area contributed by atoms with Gasteiger partial charge in [0.25, 0.3) is 5.56 Å². The predicted octanol–water partition coefficient (Wildman–Crippen LogP) is 4.94. The van der Waals surface area contributed by atoms with Crippen molar-refractivity contribution in [2.75, 3.05) is 6.61 Å². The van der Waals surface area contributed by atoms with Gasteiger partial charge in [-0.25, -0.2) is 14.2 Å². The third-order valence-electron chi connectivity index (χ3n) is 7.01. The number of fused-ring (bicyclic) bond motifs is 1. The number of aliphatic hydroxyl groups excluding tert-OH is 1. The molecular weight excluding hydrogens is 516 g/mol. The van der Waals surface area contributed by atoms with Gasteiger partial charge in [-0.15, -0.1) is 0 Å². The fourth-order valence-electron chi connectivity index (χ4n) is 5.04. The first-order valence-corrected chi connectivity index (χ1v) is 12.6. The normalized spacial score (nSPS) is 20.7. The Morgan fingerprint density at radius 2 is 1.76 bits per heavy atom. The highest BCUT2D eigenvalue weighted by atomic mass is 35.5. The average Bonchev–Trinajstić information content (AvgIpc) is 3.19. The van der Waals surface area contributed by atoms with Crippen molar-refractivity contribution in [3.05, 3.63) is 61.5 Å². The van der Waals surface area contributed by atoms with Crippen LogP contribution in [-0.2, 0) is 18.8 Å². The standard InChI is InChI=1S/C25H29ClF4N4O3/c1-15(2)34-20-19(21(36)32(23(34)37)12-3-13-35)33(14-16-4-6-18(26)7-5-16)22(31-20)24(27)10-8-17(9-11-24)25(28,29)30/h4-7,15,17,35H,3,8-14H2,1-2H3. The van der Waals surface area contributed by atoms with Crippen LogP contribution >= 0.6 is 11.6 Å². The van der Waals surface area contributed by atoms with E-state index in [4.69, 9.17) is 11.6 Å². The molecule has 1 aliphatic carbocycles. The molecule has 1 aliphatic rings. The molecule has 2 aromatic heterocycles. The maximum atomic E-state index is 16.5. The van der Waals surface area contributed by atoms with Gasteiger partial charge in [-0.2, -0.15) is 13.2 Å². The zero-order valence-corrected chi connectivity index (χ0v) is 21.3. The number of aromatic nitrogens is 4. The van der Waals surface area contributed by atoms with E-state index in [0.29, 0.717) is 10.6 Å². The monoisotopic (exact) mass is 544 g/mol. The largest absolute Gasteiger partial charge is 0.396 e. The summed E-state index contributed by atoms with van der Waals surface area (Å²) in [5, 5.41) is 9.76. The SMILES string of the molecule is CC(C)n1c(=O)n(CCCO)c(=O)c2c1nc(C1(F)CCC(C(F)(F)F)CC1)n2Cc1ccc(Cl)cc1. The molecule has 0 spiro atoms. The van der Waals surface area contributed by atoms with E-state index in [2.05, 4.69) is 4.98 Å². The van der Waals surface area contributed by atoms with Gasteiger partial charge < -0.3 is 9.67 Å². The summed E-state index contributed by atoms with van der Waals surface area (Å²) in [7, 11) is 0.